The number of aliphatic hydroxyl groups excluding tert-OH is 2. The first kappa shape index (κ1) is 27.4. The van der Waals surface area contributed by atoms with E-state index in [0.717, 1.165) is 29.5 Å². The second-order valence-electron chi connectivity index (χ2n) is 10.0. The summed E-state index contributed by atoms with van der Waals surface area (Å²) in [5.74, 6) is 0.161. The maximum atomic E-state index is 13.1. The molecule has 2 aromatic heterocycles. The Balaban J connectivity index is 1.30. The molecule has 0 bridgehead atoms. The van der Waals surface area contributed by atoms with Crippen LogP contribution in [0.3, 0.4) is 0 Å². The van der Waals surface area contributed by atoms with Gasteiger partial charge in [-0.05, 0) is 43.9 Å². The van der Waals surface area contributed by atoms with Gasteiger partial charge in [0.25, 0.3) is 0 Å². The smallest absolute Gasteiger partial charge is 0.237 e. The molecule has 11 heteroatoms. The van der Waals surface area contributed by atoms with Crippen LogP contribution in [0.25, 0.3) is 11.4 Å². The van der Waals surface area contributed by atoms with E-state index in [2.05, 4.69) is 20.6 Å². The van der Waals surface area contributed by atoms with E-state index in [4.69, 9.17) is 21.3 Å². The van der Waals surface area contributed by atoms with E-state index in [1.807, 2.05) is 43.3 Å². The fraction of sp³-hybridized carbons (Fsp3) is 0.429. The van der Waals surface area contributed by atoms with Crippen molar-refractivity contribution in [1.82, 2.24) is 25.2 Å². The molecule has 4 N–H and O–H groups in total. The number of rotatable bonds is 8. The number of ether oxygens (including phenoxy) is 1. The van der Waals surface area contributed by atoms with E-state index in [9.17, 15) is 15.0 Å². The highest BCUT2D eigenvalue weighted by molar-refractivity contribution is 6.32. The SMILES string of the molecule is Cc1cccc([C@@H](CO)NC(=O)[C@@H](C)N2Cc3ccc(-c4nc(NC5CCOCC5)ncc4Cl)nc3C2O)c1. The Morgan fingerprint density at radius 1 is 1.23 bits per heavy atom. The molecular formula is C28H33ClN6O4. The molecule has 2 aliphatic heterocycles. The van der Waals surface area contributed by atoms with E-state index in [1.54, 1.807) is 18.0 Å². The Bertz CT molecular complexity index is 1340. The van der Waals surface area contributed by atoms with Crippen molar-refractivity contribution in [1.29, 1.82) is 0 Å². The fourth-order valence-electron chi connectivity index (χ4n) is 4.99. The van der Waals surface area contributed by atoms with E-state index in [0.29, 0.717) is 47.8 Å². The Kier molecular flexibility index (Phi) is 8.39. The van der Waals surface area contributed by atoms with Crippen LogP contribution in [0.5, 0.6) is 0 Å². The first-order chi connectivity index (χ1) is 18.8. The van der Waals surface area contributed by atoms with Gasteiger partial charge in [0.05, 0.1) is 41.3 Å². The van der Waals surface area contributed by atoms with Crippen molar-refractivity contribution in [3.63, 3.8) is 0 Å². The molecule has 0 aliphatic carbocycles. The molecule has 3 atom stereocenters. The largest absolute Gasteiger partial charge is 0.394 e. The minimum atomic E-state index is -1.09. The van der Waals surface area contributed by atoms with Crippen LogP contribution >= 0.6 is 11.6 Å². The highest BCUT2D eigenvalue weighted by atomic mass is 35.5. The van der Waals surface area contributed by atoms with Gasteiger partial charge in [-0.25, -0.2) is 15.0 Å². The van der Waals surface area contributed by atoms with Crippen molar-refractivity contribution in [3.05, 3.63) is 70.0 Å². The van der Waals surface area contributed by atoms with Crippen molar-refractivity contribution < 1.29 is 19.7 Å². The molecule has 0 saturated carbocycles. The highest BCUT2D eigenvalue weighted by Crippen LogP contribution is 2.35. The van der Waals surface area contributed by atoms with Crippen molar-refractivity contribution in [2.45, 2.75) is 57.6 Å². The zero-order valence-corrected chi connectivity index (χ0v) is 22.7. The van der Waals surface area contributed by atoms with Crippen molar-refractivity contribution >= 4 is 23.5 Å². The van der Waals surface area contributed by atoms with Gasteiger partial charge in [-0.3, -0.25) is 9.69 Å². The summed E-state index contributed by atoms with van der Waals surface area (Å²) in [6.07, 6.45) is 2.20. The summed E-state index contributed by atoms with van der Waals surface area (Å²) in [7, 11) is 0. The van der Waals surface area contributed by atoms with Crippen LogP contribution in [0.4, 0.5) is 5.95 Å². The monoisotopic (exact) mass is 552 g/mol. The van der Waals surface area contributed by atoms with Gasteiger partial charge < -0.3 is 25.6 Å². The van der Waals surface area contributed by atoms with Crippen LogP contribution in [-0.2, 0) is 16.1 Å². The molecule has 0 spiro atoms. The third kappa shape index (κ3) is 6.05. The number of pyridine rings is 1. The summed E-state index contributed by atoms with van der Waals surface area (Å²) >= 11 is 6.44. The van der Waals surface area contributed by atoms with Gasteiger partial charge >= 0.3 is 0 Å². The quantitative estimate of drug-likeness (QED) is 0.332. The lowest BCUT2D eigenvalue weighted by molar-refractivity contribution is -0.131. The zero-order valence-electron chi connectivity index (χ0n) is 22.0. The van der Waals surface area contributed by atoms with E-state index in [-0.39, 0.29) is 18.6 Å². The summed E-state index contributed by atoms with van der Waals surface area (Å²) in [6, 6.07) is 10.3. The van der Waals surface area contributed by atoms with Crippen molar-refractivity contribution in [2.24, 2.45) is 0 Å². The second kappa shape index (κ2) is 11.9. The Labute approximate surface area is 232 Å². The highest BCUT2D eigenvalue weighted by Gasteiger charge is 2.37. The number of carbonyl (C=O) groups excluding carboxylic acids is 1. The van der Waals surface area contributed by atoms with Crippen molar-refractivity contribution in [2.75, 3.05) is 25.1 Å². The molecule has 39 heavy (non-hydrogen) atoms. The molecule has 1 aromatic carbocycles. The Hall–Kier alpha value is -3.15. The number of hydrogen-bond acceptors (Lipinski definition) is 9. The number of aryl methyl sites for hydroxylation is 1. The summed E-state index contributed by atoms with van der Waals surface area (Å²) in [5, 5.41) is 27.7. The predicted molar refractivity (Wildman–Crippen MR) is 147 cm³/mol. The number of aliphatic hydroxyl groups is 2. The van der Waals surface area contributed by atoms with Crippen molar-refractivity contribution in [3.8, 4) is 11.4 Å². The third-order valence-electron chi connectivity index (χ3n) is 7.29. The van der Waals surface area contributed by atoms with Crippen LogP contribution in [0.1, 0.15) is 54.4 Å². The molecule has 1 fully saturated rings. The number of nitrogens with one attached hydrogen (secondary N) is 2. The van der Waals surface area contributed by atoms with Gasteiger partial charge in [0, 0.05) is 25.8 Å². The van der Waals surface area contributed by atoms with E-state index in [1.165, 1.54) is 0 Å². The zero-order chi connectivity index (χ0) is 27.5. The number of carbonyl (C=O) groups is 1. The molecule has 1 amide bonds. The maximum Gasteiger partial charge on any atom is 0.237 e. The van der Waals surface area contributed by atoms with Crippen LogP contribution in [-0.4, -0.2) is 67.9 Å². The summed E-state index contributed by atoms with van der Waals surface area (Å²) in [6.45, 7) is 5.19. The minimum Gasteiger partial charge on any atom is -0.394 e. The van der Waals surface area contributed by atoms with Gasteiger partial charge in [0.1, 0.15) is 5.69 Å². The number of benzene rings is 1. The average molecular weight is 553 g/mol. The summed E-state index contributed by atoms with van der Waals surface area (Å²) in [4.78, 5) is 28.4. The van der Waals surface area contributed by atoms with Gasteiger partial charge in [-0.2, -0.15) is 0 Å². The lowest BCUT2D eigenvalue weighted by Crippen LogP contribution is -2.46. The van der Waals surface area contributed by atoms with Gasteiger partial charge in [-0.1, -0.05) is 47.5 Å². The van der Waals surface area contributed by atoms with Gasteiger partial charge in [0.15, 0.2) is 6.23 Å². The minimum absolute atomic E-state index is 0.222. The lowest BCUT2D eigenvalue weighted by atomic mass is 10.0. The number of amides is 1. The molecule has 206 valence electrons. The standard InChI is InChI=1S/C28H33ClN6O4/c1-16-4-3-5-18(12-16)23(15-36)33-26(37)17(2)35-14-19-6-7-22(32-24(19)27(35)38)25-21(29)13-30-28(34-25)31-20-8-10-39-11-9-20/h3-7,12-13,17,20,23,27,36,38H,8-11,14-15H2,1-2H3,(H,33,37)(H,30,31,34)/t17-,23-,27?/m1/s1. The molecule has 5 rings (SSSR count). The molecular weight excluding hydrogens is 520 g/mol. The summed E-state index contributed by atoms with van der Waals surface area (Å²) in [5.41, 5.74) is 4.10. The normalized spacial score (nSPS) is 19.4. The third-order valence-corrected chi connectivity index (χ3v) is 7.56. The van der Waals surface area contributed by atoms with Crippen LogP contribution in [0, 0.1) is 6.92 Å². The number of halogens is 1. The average Bonchev–Trinajstić information content (AvgIpc) is 3.28. The number of anilines is 1. The molecule has 1 unspecified atom stereocenters. The van der Waals surface area contributed by atoms with Gasteiger partial charge in [0.2, 0.25) is 11.9 Å². The number of hydrogen-bond donors (Lipinski definition) is 4. The summed E-state index contributed by atoms with van der Waals surface area (Å²) < 4.78 is 5.42. The number of nitrogens with zero attached hydrogens (tertiary/aromatic N) is 4. The molecule has 0 radical (unpaired) electrons. The molecule has 2 aliphatic rings. The van der Waals surface area contributed by atoms with Gasteiger partial charge in [-0.15, -0.1) is 0 Å². The van der Waals surface area contributed by atoms with Crippen LogP contribution in [0.15, 0.2) is 42.6 Å². The fourth-order valence-corrected chi connectivity index (χ4v) is 5.17. The van der Waals surface area contributed by atoms with Crippen LogP contribution in [0.2, 0.25) is 5.02 Å². The topological polar surface area (TPSA) is 133 Å². The van der Waals surface area contributed by atoms with Crippen LogP contribution < -0.4 is 10.6 Å². The maximum absolute atomic E-state index is 13.1. The number of fused-ring (bicyclic) bond motifs is 1. The Morgan fingerprint density at radius 2 is 2.03 bits per heavy atom. The first-order valence-corrected chi connectivity index (χ1v) is 13.5. The molecule has 4 heterocycles. The first-order valence-electron chi connectivity index (χ1n) is 13.1. The molecule has 3 aromatic rings. The predicted octanol–water partition coefficient (Wildman–Crippen LogP) is 3.14. The molecule has 1 saturated heterocycles. The Morgan fingerprint density at radius 3 is 2.77 bits per heavy atom. The lowest BCUT2D eigenvalue weighted by Gasteiger charge is -2.28. The van der Waals surface area contributed by atoms with E-state index < -0.39 is 18.3 Å². The van der Waals surface area contributed by atoms with E-state index >= 15 is 0 Å². The second-order valence-corrected chi connectivity index (χ2v) is 10.4. The molecule has 10 nitrogen and oxygen atoms in total. The number of aromatic nitrogens is 3.